The fourth-order valence-corrected chi connectivity index (χ4v) is 0.508. The molecular weight excluding hydrogens is 158 g/mol. The molecule has 0 saturated heterocycles. The summed E-state index contributed by atoms with van der Waals surface area (Å²) in [6.07, 6.45) is 0.491. The van der Waals surface area contributed by atoms with Gasteiger partial charge in [-0.2, -0.15) is 0 Å². The van der Waals surface area contributed by atoms with Crippen molar-refractivity contribution >= 4 is 21.7 Å². The van der Waals surface area contributed by atoms with Gasteiger partial charge in [-0.15, -0.1) is 0 Å². The molecule has 0 aliphatic rings. The number of ketones is 1. The summed E-state index contributed by atoms with van der Waals surface area (Å²) in [5.74, 6) is 0.169. The quantitative estimate of drug-likeness (QED) is 0.612. The Kier molecular flexibility index (Phi) is 4.34. The third-order valence-electron chi connectivity index (χ3n) is 0.572. The van der Waals surface area contributed by atoms with Gasteiger partial charge in [0.25, 0.3) is 0 Å². The number of carbonyl (C=O) groups is 1. The number of nitrogens with two attached hydrogens (primary N) is 1. The Hall–Kier alpha value is 0.110. The van der Waals surface area contributed by atoms with Crippen LogP contribution in [0.1, 0.15) is 6.42 Å². The maximum atomic E-state index is 10.3. The third kappa shape index (κ3) is 3.95. The highest BCUT2D eigenvalue weighted by atomic mass is 79.9. The molecule has 0 aliphatic heterocycles. The molecule has 0 spiro atoms. The van der Waals surface area contributed by atoms with E-state index in [4.69, 9.17) is 5.73 Å². The van der Waals surface area contributed by atoms with Gasteiger partial charge < -0.3 is 5.73 Å². The summed E-state index contributed by atoms with van der Waals surface area (Å²) < 4.78 is 0. The maximum absolute atomic E-state index is 10.3. The zero-order chi connectivity index (χ0) is 5.70. The Morgan fingerprint density at radius 3 is 2.43 bits per heavy atom. The molecule has 42 valence electrons. The van der Waals surface area contributed by atoms with Crippen LogP contribution in [0.5, 0.6) is 0 Å². The molecule has 7 heavy (non-hydrogen) atoms. The number of hydrogen-bond acceptors (Lipinski definition) is 2. The van der Waals surface area contributed by atoms with Crippen molar-refractivity contribution in [2.75, 3.05) is 11.9 Å². The van der Waals surface area contributed by atoms with Crippen LogP contribution < -0.4 is 5.73 Å². The van der Waals surface area contributed by atoms with Crippen LogP contribution in [0.4, 0.5) is 0 Å². The second-order valence-electron chi connectivity index (χ2n) is 1.21. The van der Waals surface area contributed by atoms with E-state index in [-0.39, 0.29) is 5.78 Å². The average Bonchev–Trinajstić information content (AvgIpc) is 1.68. The number of hydrogen-bond donors (Lipinski definition) is 1. The van der Waals surface area contributed by atoms with Crippen molar-refractivity contribution in [2.24, 2.45) is 5.73 Å². The molecule has 0 aromatic rings. The Morgan fingerprint density at radius 1 is 1.71 bits per heavy atom. The van der Waals surface area contributed by atoms with E-state index in [0.717, 1.165) is 0 Å². The van der Waals surface area contributed by atoms with Crippen LogP contribution >= 0.6 is 15.9 Å². The Morgan fingerprint density at radius 2 is 2.29 bits per heavy atom. The number of carbonyl (C=O) groups excluding carboxylic acids is 1. The normalized spacial score (nSPS) is 8.86. The molecule has 0 aromatic carbocycles. The maximum Gasteiger partial charge on any atom is 0.144 e. The fourth-order valence-electron chi connectivity index (χ4n) is 0.228. The zero-order valence-corrected chi connectivity index (χ0v) is 5.57. The Balaban J connectivity index is 3.00. The molecule has 0 rings (SSSR count). The Bertz CT molecular complexity index is 64.7. The molecule has 0 unspecified atom stereocenters. The first-order valence-electron chi connectivity index (χ1n) is 2.09. The van der Waals surface area contributed by atoms with Gasteiger partial charge in [0.2, 0.25) is 0 Å². The first kappa shape index (κ1) is 7.11. The highest BCUT2D eigenvalue weighted by Crippen LogP contribution is 1.84. The summed E-state index contributed by atoms with van der Waals surface area (Å²) >= 11 is 3.01. The van der Waals surface area contributed by atoms with Crippen LogP contribution in [0.3, 0.4) is 0 Å². The van der Waals surface area contributed by atoms with E-state index in [2.05, 4.69) is 15.9 Å². The van der Waals surface area contributed by atoms with Gasteiger partial charge in [0.1, 0.15) is 5.78 Å². The van der Waals surface area contributed by atoms with E-state index < -0.39 is 0 Å². The van der Waals surface area contributed by atoms with Crippen molar-refractivity contribution in [1.82, 2.24) is 0 Å². The molecule has 0 heterocycles. The first-order valence-corrected chi connectivity index (χ1v) is 3.21. The lowest BCUT2D eigenvalue weighted by molar-refractivity contribution is -0.116. The van der Waals surface area contributed by atoms with Crippen molar-refractivity contribution in [3.05, 3.63) is 0 Å². The molecule has 0 aromatic heterocycles. The van der Waals surface area contributed by atoms with Crippen molar-refractivity contribution in [2.45, 2.75) is 6.42 Å². The smallest absolute Gasteiger partial charge is 0.144 e. The minimum absolute atomic E-state index is 0.169. The van der Waals surface area contributed by atoms with E-state index in [1.54, 1.807) is 0 Å². The summed E-state index contributed by atoms with van der Waals surface area (Å²) in [6.45, 7) is 0.463. The summed E-state index contributed by atoms with van der Waals surface area (Å²) in [6, 6.07) is 0. The van der Waals surface area contributed by atoms with Gasteiger partial charge in [-0.05, 0) is 6.54 Å². The second-order valence-corrected chi connectivity index (χ2v) is 1.77. The van der Waals surface area contributed by atoms with E-state index >= 15 is 0 Å². The molecule has 0 fully saturated rings. The minimum atomic E-state index is 0.169. The minimum Gasteiger partial charge on any atom is -0.330 e. The highest BCUT2D eigenvalue weighted by molar-refractivity contribution is 9.09. The predicted octanol–water partition coefficient (Wildman–Crippen LogP) is 0.299. The molecule has 2 N–H and O–H groups in total. The molecule has 0 bridgehead atoms. The standard InChI is InChI=1S/C4H8BrNO/c5-3-4(7)1-2-6/h1-3,6H2. The van der Waals surface area contributed by atoms with Crippen LogP contribution in [0.25, 0.3) is 0 Å². The second kappa shape index (κ2) is 4.27. The molecule has 2 nitrogen and oxygen atoms in total. The average molecular weight is 166 g/mol. The van der Waals surface area contributed by atoms with Crippen molar-refractivity contribution in [3.63, 3.8) is 0 Å². The molecule has 0 aliphatic carbocycles. The number of Topliss-reactive ketones (excluding diaryl/α,β-unsaturated/α-hetero) is 1. The van der Waals surface area contributed by atoms with Gasteiger partial charge in [0, 0.05) is 6.42 Å². The SMILES string of the molecule is NCCC(=O)CBr. The summed E-state index contributed by atoms with van der Waals surface area (Å²) in [4.78, 5) is 10.3. The van der Waals surface area contributed by atoms with Gasteiger partial charge in [-0.3, -0.25) is 4.79 Å². The lowest BCUT2D eigenvalue weighted by Gasteiger charge is -1.86. The Labute approximate surface area is 51.2 Å². The first-order chi connectivity index (χ1) is 3.31. The van der Waals surface area contributed by atoms with Gasteiger partial charge in [-0.25, -0.2) is 0 Å². The van der Waals surface area contributed by atoms with Crippen molar-refractivity contribution < 1.29 is 4.79 Å². The molecule has 3 heteroatoms. The van der Waals surface area contributed by atoms with Crippen molar-refractivity contribution in [3.8, 4) is 0 Å². The lowest BCUT2D eigenvalue weighted by Crippen LogP contribution is -2.07. The monoisotopic (exact) mass is 165 g/mol. The van der Waals surface area contributed by atoms with Gasteiger partial charge in [-0.1, -0.05) is 15.9 Å². The topological polar surface area (TPSA) is 43.1 Å². The predicted molar refractivity (Wildman–Crippen MR) is 32.5 cm³/mol. The molecular formula is C4H8BrNO. The summed E-state index contributed by atoms with van der Waals surface area (Å²) in [5.41, 5.74) is 5.06. The van der Waals surface area contributed by atoms with Gasteiger partial charge in [0.05, 0.1) is 5.33 Å². The fraction of sp³-hybridized carbons (Fsp3) is 0.750. The summed E-state index contributed by atoms with van der Waals surface area (Å²) in [7, 11) is 0. The highest BCUT2D eigenvalue weighted by Gasteiger charge is 1.92. The zero-order valence-electron chi connectivity index (χ0n) is 3.98. The van der Waals surface area contributed by atoms with Gasteiger partial charge in [0.15, 0.2) is 0 Å². The van der Waals surface area contributed by atoms with Crippen LogP contribution in [0.15, 0.2) is 0 Å². The summed E-state index contributed by atoms with van der Waals surface area (Å²) in [5, 5.41) is 0.435. The van der Waals surface area contributed by atoms with E-state index in [1.807, 2.05) is 0 Å². The van der Waals surface area contributed by atoms with E-state index in [1.165, 1.54) is 0 Å². The van der Waals surface area contributed by atoms with Crippen LogP contribution in [0.2, 0.25) is 0 Å². The van der Waals surface area contributed by atoms with Crippen LogP contribution in [0, 0.1) is 0 Å². The lowest BCUT2D eigenvalue weighted by atomic mass is 10.3. The molecule has 0 saturated carbocycles. The largest absolute Gasteiger partial charge is 0.330 e. The number of alkyl halides is 1. The van der Waals surface area contributed by atoms with Crippen LogP contribution in [-0.4, -0.2) is 17.7 Å². The van der Waals surface area contributed by atoms with Crippen molar-refractivity contribution in [1.29, 1.82) is 0 Å². The number of halogens is 1. The van der Waals surface area contributed by atoms with E-state index in [9.17, 15) is 4.79 Å². The van der Waals surface area contributed by atoms with Crippen LogP contribution in [-0.2, 0) is 4.79 Å². The van der Waals surface area contributed by atoms with E-state index in [0.29, 0.717) is 18.3 Å². The number of rotatable bonds is 3. The third-order valence-corrected chi connectivity index (χ3v) is 1.20. The van der Waals surface area contributed by atoms with Gasteiger partial charge >= 0.3 is 0 Å². The molecule has 0 amide bonds. The molecule has 0 atom stereocenters. The molecule has 0 radical (unpaired) electrons.